The number of amides is 1. The van der Waals surface area contributed by atoms with Gasteiger partial charge in [-0.15, -0.1) is 0 Å². The van der Waals surface area contributed by atoms with Crippen LogP contribution in [-0.4, -0.2) is 67.4 Å². The summed E-state index contributed by atoms with van der Waals surface area (Å²) < 4.78 is 16.9. The Morgan fingerprint density at radius 3 is 1.34 bits per heavy atom. The summed E-state index contributed by atoms with van der Waals surface area (Å²) in [5, 5.41) is 2.90. The van der Waals surface area contributed by atoms with Crippen LogP contribution in [0.3, 0.4) is 0 Å². The van der Waals surface area contributed by atoms with E-state index in [-0.39, 0.29) is 24.1 Å². The summed E-state index contributed by atoms with van der Waals surface area (Å²) in [5.74, 6) is -0.0208. The third-order valence-electron chi connectivity index (χ3n) is 11.3. The molecule has 0 aliphatic heterocycles. The number of rotatable bonds is 44. The van der Waals surface area contributed by atoms with Gasteiger partial charge in [-0.05, 0) is 111 Å². The van der Waals surface area contributed by atoms with Crippen LogP contribution < -0.4 is 5.32 Å². The van der Waals surface area contributed by atoms with Gasteiger partial charge in [-0.25, -0.2) is 4.79 Å². The van der Waals surface area contributed by atoms with Gasteiger partial charge < -0.3 is 24.4 Å². The summed E-state index contributed by atoms with van der Waals surface area (Å²) in [7, 11) is 0. The van der Waals surface area contributed by atoms with E-state index in [9.17, 15) is 14.4 Å². The van der Waals surface area contributed by atoms with Crippen molar-refractivity contribution >= 4 is 18.0 Å². The van der Waals surface area contributed by atoms with Gasteiger partial charge in [0.25, 0.3) is 0 Å². The smallest absolute Gasteiger partial charge is 0.407 e. The second-order valence-corrected chi connectivity index (χ2v) is 18.6. The molecule has 0 heterocycles. The molecule has 350 valence electrons. The van der Waals surface area contributed by atoms with Gasteiger partial charge in [0.15, 0.2) is 0 Å². The van der Waals surface area contributed by atoms with E-state index in [1.807, 2.05) is 20.8 Å². The lowest BCUT2D eigenvalue weighted by molar-refractivity contribution is -0.150. The molecule has 0 fully saturated rings. The summed E-state index contributed by atoms with van der Waals surface area (Å²) in [6, 6.07) is 0. The topological polar surface area (TPSA) is 94.2 Å². The van der Waals surface area contributed by atoms with E-state index in [1.54, 1.807) is 0 Å². The SMILES string of the molecule is CCCCCCCCCOC(=O)CCCCCCCN(CCCCCCCC(=O)OC(CCCCCCCC)CCCCCCCC)CCCCNC(=O)OC(C)(C)C. The lowest BCUT2D eigenvalue weighted by Gasteiger charge is -2.23. The maximum atomic E-state index is 12.8. The summed E-state index contributed by atoms with van der Waals surface area (Å²) in [6.45, 7) is 16.8. The van der Waals surface area contributed by atoms with Crippen molar-refractivity contribution in [3.05, 3.63) is 0 Å². The molecule has 8 heteroatoms. The molecule has 0 saturated heterocycles. The Balaban J connectivity index is 4.47. The number of ether oxygens (including phenoxy) is 3. The fraction of sp³-hybridized carbons (Fsp3) is 0.941. The lowest BCUT2D eigenvalue weighted by Crippen LogP contribution is -2.33. The van der Waals surface area contributed by atoms with Crippen molar-refractivity contribution in [2.45, 2.75) is 278 Å². The minimum atomic E-state index is -0.483. The Morgan fingerprint density at radius 2 is 0.864 bits per heavy atom. The van der Waals surface area contributed by atoms with Crippen LogP contribution in [0, 0.1) is 0 Å². The number of unbranched alkanes of at least 4 members (excludes halogenated alkanes) is 25. The monoisotopic (exact) mass is 837 g/mol. The Morgan fingerprint density at radius 1 is 0.475 bits per heavy atom. The Labute approximate surface area is 366 Å². The third kappa shape index (κ3) is 44.0. The number of hydrogen-bond acceptors (Lipinski definition) is 7. The first-order valence-corrected chi connectivity index (χ1v) is 25.7. The van der Waals surface area contributed by atoms with E-state index in [0.29, 0.717) is 26.0 Å². The first-order valence-electron chi connectivity index (χ1n) is 25.7. The van der Waals surface area contributed by atoms with Crippen LogP contribution in [0.15, 0.2) is 0 Å². The lowest BCUT2D eigenvalue weighted by atomic mass is 10.0. The van der Waals surface area contributed by atoms with Crippen LogP contribution >= 0.6 is 0 Å². The summed E-state index contributed by atoms with van der Waals surface area (Å²) in [5.41, 5.74) is -0.483. The minimum absolute atomic E-state index is 0.0121. The molecule has 59 heavy (non-hydrogen) atoms. The second kappa shape index (κ2) is 42.8. The Kier molecular flexibility index (Phi) is 41.5. The molecule has 1 N–H and O–H groups in total. The van der Waals surface area contributed by atoms with Crippen LogP contribution in [0.1, 0.15) is 266 Å². The number of carbonyl (C=O) groups is 3. The molecule has 1 amide bonds. The highest BCUT2D eigenvalue weighted by Crippen LogP contribution is 2.19. The van der Waals surface area contributed by atoms with Crippen molar-refractivity contribution < 1.29 is 28.6 Å². The summed E-state index contributed by atoms with van der Waals surface area (Å²) in [6.07, 6.45) is 39.8. The van der Waals surface area contributed by atoms with Crippen LogP contribution in [0.2, 0.25) is 0 Å². The molecule has 0 rings (SSSR count). The van der Waals surface area contributed by atoms with Crippen LogP contribution in [0.5, 0.6) is 0 Å². The molecule has 0 aromatic carbocycles. The van der Waals surface area contributed by atoms with Crippen molar-refractivity contribution in [1.29, 1.82) is 0 Å². The van der Waals surface area contributed by atoms with Crippen LogP contribution in [0.4, 0.5) is 4.79 Å². The van der Waals surface area contributed by atoms with Gasteiger partial charge in [0.1, 0.15) is 11.7 Å². The molecule has 0 aliphatic rings. The van der Waals surface area contributed by atoms with Crippen molar-refractivity contribution in [1.82, 2.24) is 10.2 Å². The molecule has 0 unspecified atom stereocenters. The van der Waals surface area contributed by atoms with E-state index in [2.05, 4.69) is 31.0 Å². The largest absolute Gasteiger partial charge is 0.466 e. The highest BCUT2D eigenvalue weighted by Gasteiger charge is 2.16. The van der Waals surface area contributed by atoms with Gasteiger partial charge >= 0.3 is 18.0 Å². The summed E-state index contributed by atoms with van der Waals surface area (Å²) >= 11 is 0. The fourth-order valence-electron chi connectivity index (χ4n) is 7.70. The summed E-state index contributed by atoms with van der Waals surface area (Å²) in [4.78, 5) is 39.6. The normalized spacial score (nSPS) is 11.7. The number of carbonyl (C=O) groups excluding carboxylic acids is 3. The van der Waals surface area contributed by atoms with Crippen molar-refractivity contribution in [2.24, 2.45) is 0 Å². The molecule has 0 radical (unpaired) electrons. The second-order valence-electron chi connectivity index (χ2n) is 18.6. The molecular formula is C51H100N2O6. The molecular weight excluding hydrogens is 737 g/mol. The van der Waals surface area contributed by atoms with Gasteiger partial charge in [-0.1, -0.05) is 162 Å². The maximum absolute atomic E-state index is 12.8. The number of nitrogens with zero attached hydrogens (tertiary/aromatic N) is 1. The van der Waals surface area contributed by atoms with Gasteiger partial charge in [-0.2, -0.15) is 0 Å². The van der Waals surface area contributed by atoms with Crippen molar-refractivity contribution in [2.75, 3.05) is 32.8 Å². The standard InChI is InChI=1S/C51H100N2O6/c1-7-10-13-16-19-28-37-46-57-48(54)40-31-24-20-26-34-43-53(45-36-33-42-52-50(56)59-51(4,5)6)44-35-27-21-25-32-41-49(55)58-47(38-29-22-17-14-11-8-2)39-30-23-18-15-12-9-3/h47H,7-46H2,1-6H3,(H,52,56). The zero-order chi connectivity index (χ0) is 43.5. The Hall–Kier alpha value is -1.83. The van der Waals surface area contributed by atoms with E-state index in [0.717, 1.165) is 96.7 Å². The number of nitrogens with one attached hydrogen (secondary N) is 1. The molecule has 0 spiro atoms. The highest BCUT2D eigenvalue weighted by atomic mass is 16.6. The fourth-order valence-corrected chi connectivity index (χ4v) is 7.70. The first kappa shape index (κ1) is 57.2. The predicted octanol–water partition coefficient (Wildman–Crippen LogP) is 15.0. The van der Waals surface area contributed by atoms with Crippen molar-refractivity contribution in [3.63, 3.8) is 0 Å². The molecule has 0 atom stereocenters. The van der Waals surface area contributed by atoms with E-state index in [4.69, 9.17) is 14.2 Å². The van der Waals surface area contributed by atoms with Gasteiger partial charge in [0.2, 0.25) is 0 Å². The van der Waals surface area contributed by atoms with Gasteiger partial charge in [0.05, 0.1) is 6.61 Å². The molecule has 0 aromatic heterocycles. The highest BCUT2D eigenvalue weighted by molar-refractivity contribution is 5.69. The molecule has 0 aliphatic carbocycles. The number of esters is 2. The maximum Gasteiger partial charge on any atom is 0.407 e. The third-order valence-corrected chi connectivity index (χ3v) is 11.3. The molecule has 0 bridgehead atoms. The number of alkyl carbamates (subject to hydrolysis) is 1. The van der Waals surface area contributed by atoms with Gasteiger partial charge in [0, 0.05) is 19.4 Å². The van der Waals surface area contributed by atoms with Crippen LogP contribution in [-0.2, 0) is 23.8 Å². The van der Waals surface area contributed by atoms with E-state index in [1.165, 1.54) is 135 Å². The van der Waals surface area contributed by atoms with E-state index < -0.39 is 5.60 Å². The quantitative estimate of drug-likeness (QED) is 0.0371. The first-order chi connectivity index (χ1) is 28.6. The molecule has 8 nitrogen and oxygen atoms in total. The minimum Gasteiger partial charge on any atom is -0.466 e. The Bertz CT molecular complexity index is 922. The average Bonchev–Trinajstić information content (AvgIpc) is 3.19. The average molecular weight is 837 g/mol. The van der Waals surface area contributed by atoms with Crippen molar-refractivity contribution in [3.8, 4) is 0 Å². The molecule has 0 saturated carbocycles. The van der Waals surface area contributed by atoms with Gasteiger partial charge in [-0.3, -0.25) is 9.59 Å². The van der Waals surface area contributed by atoms with E-state index >= 15 is 0 Å². The van der Waals surface area contributed by atoms with Crippen LogP contribution in [0.25, 0.3) is 0 Å². The molecule has 0 aromatic rings. The zero-order valence-corrected chi connectivity index (χ0v) is 40.3. The zero-order valence-electron chi connectivity index (χ0n) is 40.3. The number of hydrogen-bond donors (Lipinski definition) is 1. The predicted molar refractivity (Wildman–Crippen MR) is 250 cm³/mol.